The van der Waals surface area contributed by atoms with Crippen molar-refractivity contribution in [1.82, 2.24) is 14.7 Å². The van der Waals surface area contributed by atoms with Crippen LogP contribution in [0.4, 0.5) is 4.79 Å². The van der Waals surface area contributed by atoms with E-state index in [1.807, 2.05) is 25.7 Å². The van der Waals surface area contributed by atoms with Crippen LogP contribution in [0.3, 0.4) is 0 Å². The summed E-state index contributed by atoms with van der Waals surface area (Å²) in [4.78, 5) is 19.2. The lowest BCUT2D eigenvalue weighted by molar-refractivity contribution is -0.00683. The topological polar surface area (TPSA) is 36.0 Å². The van der Waals surface area contributed by atoms with Crippen LogP contribution in [0.15, 0.2) is 30.3 Å². The van der Waals surface area contributed by atoms with Crippen LogP contribution in [0.25, 0.3) is 0 Å². The maximum Gasteiger partial charge on any atom is 0.410 e. The Hall–Kier alpha value is -1.59. The van der Waals surface area contributed by atoms with Gasteiger partial charge in [-0.15, -0.1) is 0 Å². The van der Waals surface area contributed by atoms with Crippen LogP contribution >= 0.6 is 0 Å². The maximum absolute atomic E-state index is 12.2. The molecule has 1 spiro atoms. The molecule has 0 bridgehead atoms. The molecule has 2 saturated heterocycles. The summed E-state index contributed by atoms with van der Waals surface area (Å²) in [6.07, 6.45) is 6.28. The van der Waals surface area contributed by atoms with E-state index in [2.05, 4.69) is 54.2 Å². The lowest BCUT2D eigenvalue weighted by atomic mass is 9.64. The van der Waals surface area contributed by atoms with Gasteiger partial charge < -0.3 is 14.5 Å². The second-order valence-electron chi connectivity index (χ2n) is 11.5. The van der Waals surface area contributed by atoms with Crippen molar-refractivity contribution in [2.24, 2.45) is 11.3 Å². The molecule has 5 heteroatoms. The molecule has 1 aliphatic carbocycles. The first-order chi connectivity index (χ1) is 14.6. The van der Waals surface area contributed by atoms with Gasteiger partial charge in [-0.25, -0.2) is 4.79 Å². The van der Waals surface area contributed by atoms with Crippen LogP contribution in [0.2, 0.25) is 0 Å². The van der Waals surface area contributed by atoms with Crippen LogP contribution in [0.5, 0.6) is 0 Å². The fraction of sp³-hybridized carbons (Fsp3) is 0.731. The van der Waals surface area contributed by atoms with Crippen LogP contribution in [-0.2, 0) is 10.3 Å². The van der Waals surface area contributed by atoms with Gasteiger partial charge in [0.05, 0.1) is 0 Å². The third-order valence-corrected chi connectivity index (χ3v) is 7.95. The molecule has 31 heavy (non-hydrogen) atoms. The van der Waals surface area contributed by atoms with E-state index >= 15 is 0 Å². The zero-order chi connectivity index (χ0) is 22.3. The van der Waals surface area contributed by atoms with E-state index in [1.54, 1.807) is 0 Å². The van der Waals surface area contributed by atoms with Crippen molar-refractivity contribution in [2.75, 3.05) is 46.8 Å². The first-order valence-corrected chi connectivity index (χ1v) is 12.0. The monoisotopic (exact) mass is 427 g/mol. The molecule has 3 fully saturated rings. The molecule has 1 saturated carbocycles. The van der Waals surface area contributed by atoms with Crippen molar-refractivity contribution in [3.63, 3.8) is 0 Å². The molecule has 0 aromatic heterocycles. The van der Waals surface area contributed by atoms with Crippen LogP contribution in [-0.4, -0.2) is 73.2 Å². The van der Waals surface area contributed by atoms with Crippen LogP contribution in [0, 0.1) is 11.3 Å². The zero-order valence-corrected chi connectivity index (χ0v) is 20.2. The normalized spacial score (nSPS) is 30.1. The Morgan fingerprint density at radius 3 is 2.29 bits per heavy atom. The van der Waals surface area contributed by atoms with Crippen molar-refractivity contribution >= 4 is 6.09 Å². The Bertz CT molecular complexity index is 757. The van der Waals surface area contributed by atoms with Gasteiger partial charge in [0.1, 0.15) is 5.60 Å². The van der Waals surface area contributed by atoms with Gasteiger partial charge in [-0.2, -0.15) is 0 Å². The van der Waals surface area contributed by atoms with Crippen molar-refractivity contribution in [2.45, 2.75) is 64.0 Å². The van der Waals surface area contributed by atoms with Gasteiger partial charge in [-0.1, -0.05) is 30.3 Å². The molecule has 0 atom stereocenters. The van der Waals surface area contributed by atoms with E-state index in [9.17, 15) is 4.79 Å². The highest BCUT2D eigenvalue weighted by atomic mass is 16.6. The first-order valence-electron chi connectivity index (χ1n) is 12.0. The number of ether oxygens (including phenoxy) is 1. The van der Waals surface area contributed by atoms with E-state index in [-0.39, 0.29) is 11.6 Å². The molecule has 0 N–H and O–H groups in total. The van der Waals surface area contributed by atoms with E-state index < -0.39 is 5.60 Å². The number of carbonyl (C=O) groups is 1. The summed E-state index contributed by atoms with van der Waals surface area (Å²) in [5, 5.41) is 0. The summed E-state index contributed by atoms with van der Waals surface area (Å²) < 4.78 is 5.49. The van der Waals surface area contributed by atoms with Gasteiger partial charge in [-0.05, 0) is 84.5 Å². The molecule has 2 aliphatic heterocycles. The average molecular weight is 428 g/mol. The summed E-state index contributed by atoms with van der Waals surface area (Å²) in [6.45, 7) is 11.0. The van der Waals surface area contributed by atoms with Gasteiger partial charge in [-0.3, -0.25) is 4.90 Å². The van der Waals surface area contributed by atoms with E-state index in [0.29, 0.717) is 11.3 Å². The Balaban J connectivity index is 1.28. The Labute approximate surface area is 188 Å². The fourth-order valence-electron chi connectivity index (χ4n) is 6.05. The zero-order valence-electron chi connectivity index (χ0n) is 20.2. The second kappa shape index (κ2) is 8.40. The smallest absolute Gasteiger partial charge is 0.410 e. The molecule has 2 heterocycles. The summed E-state index contributed by atoms with van der Waals surface area (Å²) in [7, 11) is 4.50. The Morgan fingerprint density at radius 1 is 1.06 bits per heavy atom. The molecular weight excluding hydrogens is 386 g/mol. The Morgan fingerprint density at radius 2 is 1.71 bits per heavy atom. The molecule has 4 rings (SSSR count). The van der Waals surface area contributed by atoms with Crippen LogP contribution in [0.1, 0.15) is 58.4 Å². The maximum atomic E-state index is 12.2. The van der Waals surface area contributed by atoms with Crippen molar-refractivity contribution < 1.29 is 9.53 Å². The average Bonchev–Trinajstić information content (AvgIpc) is 3.06. The van der Waals surface area contributed by atoms with Gasteiger partial charge in [0.15, 0.2) is 0 Å². The van der Waals surface area contributed by atoms with Crippen molar-refractivity contribution in [3.05, 3.63) is 35.9 Å². The van der Waals surface area contributed by atoms with Gasteiger partial charge in [0.2, 0.25) is 0 Å². The van der Waals surface area contributed by atoms with E-state index in [4.69, 9.17) is 4.74 Å². The number of hydrogen-bond donors (Lipinski definition) is 0. The standard InChI is InChI=1S/C26H41N3O2/c1-24(2,3)31-23(30)29-18-21(19-29)17-28-16-15-25(20-28)11-13-26(14-12-25,27(4)5)22-9-7-6-8-10-22/h6-10,21H,11-20H2,1-5H3. The lowest BCUT2D eigenvalue weighted by Crippen LogP contribution is -2.55. The predicted octanol–water partition coefficient (Wildman–Crippen LogP) is 4.58. The molecule has 1 amide bonds. The quantitative estimate of drug-likeness (QED) is 0.705. The SMILES string of the molecule is CN(C)C1(c2ccccc2)CCC2(CCN(CC3CN(C(=O)OC(C)(C)C)C3)C2)CC1. The summed E-state index contributed by atoms with van der Waals surface area (Å²) in [6, 6.07) is 11.1. The number of amides is 1. The van der Waals surface area contributed by atoms with Gasteiger partial charge in [0, 0.05) is 37.6 Å². The largest absolute Gasteiger partial charge is 0.444 e. The first kappa shape index (κ1) is 22.6. The number of hydrogen-bond acceptors (Lipinski definition) is 4. The minimum absolute atomic E-state index is 0.158. The lowest BCUT2D eigenvalue weighted by Gasteiger charge is -2.49. The summed E-state index contributed by atoms with van der Waals surface area (Å²) >= 11 is 0. The second-order valence-corrected chi connectivity index (χ2v) is 11.5. The summed E-state index contributed by atoms with van der Waals surface area (Å²) in [5.41, 5.74) is 1.73. The highest BCUT2D eigenvalue weighted by molar-refractivity contribution is 5.69. The molecule has 1 aromatic carbocycles. The predicted molar refractivity (Wildman–Crippen MR) is 125 cm³/mol. The minimum atomic E-state index is -0.411. The van der Waals surface area contributed by atoms with E-state index in [1.165, 1.54) is 50.8 Å². The van der Waals surface area contributed by atoms with Crippen molar-refractivity contribution in [1.29, 1.82) is 0 Å². The number of carbonyl (C=O) groups excluding carboxylic acids is 1. The third kappa shape index (κ3) is 4.78. The number of rotatable bonds is 4. The molecule has 5 nitrogen and oxygen atoms in total. The summed E-state index contributed by atoms with van der Waals surface area (Å²) in [5.74, 6) is 0.594. The van der Waals surface area contributed by atoms with E-state index in [0.717, 1.165) is 19.6 Å². The number of nitrogens with zero attached hydrogens (tertiary/aromatic N) is 3. The Kier molecular flexibility index (Phi) is 6.12. The van der Waals surface area contributed by atoms with Gasteiger partial charge in [0.25, 0.3) is 0 Å². The number of likely N-dealkylation sites (tertiary alicyclic amines) is 2. The molecule has 3 aliphatic rings. The molecule has 0 radical (unpaired) electrons. The van der Waals surface area contributed by atoms with Crippen molar-refractivity contribution in [3.8, 4) is 0 Å². The molecule has 172 valence electrons. The highest BCUT2D eigenvalue weighted by Crippen LogP contribution is 2.51. The minimum Gasteiger partial charge on any atom is -0.444 e. The van der Waals surface area contributed by atoms with Crippen LogP contribution < -0.4 is 0 Å². The number of benzene rings is 1. The fourth-order valence-corrected chi connectivity index (χ4v) is 6.05. The third-order valence-electron chi connectivity index (χ3n) is 7.95. The molecular formula is C26H41N3O2. The molecule has 1 aromatic rings. The molecule has 0 unspecified atom stereocenters. The van der Waals surface area contributed by atoms with Gasteiger partial charge >= 0.3 is 6.09 Å². The highest BCUT2D eigenvalue weighted by Gasteiger charge is 2.48.